The maximum atomic E-state index is 9.28. The molecule has 0 saturated carbocycles. The largest absolute Gasteiger partial charge is 0.508 e. The van der Waals surface area contributed by atoms with E-state index in [-0.39, 0.29) is 0 Å². The lowest BCUT2D eigenvalue weighted by molar-refractivity contribution is 0.474. The minimum absolute atomic E-state index is 0.299. The summed E-state index contributed by atoms with van der Waals surface area (Å²) in [5, 5.41) is 15.6. The summed E-state index contributed by atoms with van der Waals surface area (Å²) in [6.07, 6.45) is 1.09. The Balaban J connectivity index is 1.90. The molecule has 4 nitrogen and oxygen atoms in total. The van der Waals surface area contributed by atoms with Gasteiger partial charge in [0.1, 0.15) is 5.75 Å². The van der Waals surface area contributed by atoms with Crippen LogP contribution in [-0.4, -0.2) is 24.2 Å². The molecule has 4 heteroatoms. The minimum Gasteiger partial charge on any atom is -0.508 e. The second-order valence-corrected chi connectivity index (χ2v) is 3.53. The summed E-state index contributed by atoms with van der Waals surface area (Å²) in [4.78, 5) is 4.30. The first-order valence-corrected chi connectivity index (χ1v) is 5.15. The zero-order valence-corrected chi connectivity index (χ0v) is 8.53. The molecule has 15 heavy (non-hydrogen) atoms. The molecule has 0 unspecified atom stereocenters. The van der Waals surface area contributed by atoms with Crippen LogP contribution in [0.3, 0.4) is 0 Å². The first-order chi connectivity index (χ1) is 7.34. The van der Waals surface area contributed by atoms with Gasteiger partial charge in [-0.25, -0.2) is 0 Å². The van der Waals surface area contributed by atoms with Crippen molar-refractivity contribution in [3.05, 3.63) is 29.8 Å². The molecule has 0 fully saturated rings. The van der Waals surface area contributed by atoms with E-state index in [0.29, 0.717) is 12.3 Å². The van der Waals surface area contributed by atoms with Crippen LogP contribution in [0.2, 0.25) is 0 Å². The molecule has 1 aliphatic heterocycles. The highest BCUT2D eigenvalue weighted by Gasteiger charge is 2.02. The van der Waals surface area contributed by atoms with Crippen molar-refractivity contribution in [2.45, 2.75) is 13.0 Å². The Labute approximate surface area is 89.0 Å². The Bertz CT molecular complexity index is 363. The molecule has 0 amide bonds. The van der Waals surface area contributed by atoms with Gasteiger partial charge in [-0.15, -0.1) is 0 Å². The van der Waals surface area contributed by atoms with Gasteiger partial charge in [0.2, 0.25) is 0 Å². The fourth-order valence-corrected chi connectivity index (χ4v) is 1.50. The third-order valence-electron chi connectivity index (χ3n) is 2.27. The van der Waals surface area contributed by atoms with Crippen molar-refractivity contribution < 1.29 is 5.11 Å². The lowest BCUT2D eigenvalue weighted by Gasteiger charge is -2.15. The average Bonchev–Trinajstić information content (AvgIpc) is 2.28. The van der Waals surface area contributed by atoms with Crippen LogP contribution in [0, 0.1) is 0 Å². The van der Waals surface area contributed by atoms with E-state index in [1.807, 2.05) is 12.1 Å². The minimum atomic E-state index is 0.299. The van der Waals surface area contributed by atoms with Crippen molar-refractivity contribution in [2.75, 3.05) is 13.1 Å². The fourth-order valence-electron chi connectivity index (χ4n) is 1.50. The average molecular weight is 205 g/mol. The number of guanidine groups is 1. The van der Waals surface area contributed by atoms with Crippen LogP contribution in [-0.2, 0) is 6.54 Å². The van der Waals surface area contributed by atoms with Crippen LogP contribution in [0.5, 0.6) is 5.75 Å². The number of nitrogens with one attached hydrogen (secondary N) is 2. The van der Waals surface area contributed by atoms with Gasteiger partial charge in [-0.05, 0) is 24.1 Å². The highest BCUT2D eigenvalue weighted by Crippen LogP contribution is 2.10. The van der Waals surface area contributed by atoms with Crippen molar-refractivity contribution in [2.24, 2.45) is 4.99 Å². The Kier molecular flexibility index (Phi) is 3.07. The van der Waals surface area contributed by atoms with Crippen molar-refractivity contribution in [1.29, 1.82) is 0 Å². The van der Waals surface area contributed by atoms with E-state index in [2.05, 4.69) is 15.6 Å². The monoisotopic (exact) mass is 205 g/mol. The molecule has 80 valence electrons. The zero-order chi connectivity index (χ0) is 10.5. The number of aromatic hydroxyl groups is 1. The molecule has 1 aromatic rings. The van der Waals surface area contributed by atoms with Gasteiger partial charge in [0.05, 0.1) is 0 Å². The number of aliphatic imine (C=N–C) groups is 1. The van der Waals surface area contributed by atoms with E-state index in [4.69, 9.17) is 0 Å². The number of benzene rings is 1. The maximum absolute atomic E-state index is 9.28. The van der Waals surface area contributed by atoms with E-state index in [1.165, 1.54) is 0 Å². The van der Waals surface area contributed by atoms with E-state index < -0.39 is 0 Å². The van der Waals surface area contributed by atoms with Crippen LogP contribution in [0.15, 0.2) is 29.3 Å². The van der Waals surface area contributed by atoms with Crippen molar-refractivity contribution >= 4 is 5.96 Å². The molecule has 1 heterocycles. The van der Waals surface area contributed by atoms with E-state index in [9.17, 15) is 5.11 Å². The molecule has 0 aliphatic carbocycles. The molecule has 1 aromatic carbocycles. The molecule has 0 bridgehead atoms. The zero-order valence-electron chi connectivity index (χ0n) is 8.53. The number of hydrogen-bond acceptors (Lipinski definition) is 4. The van der Waals surface area contributed by atoms with E-state index in [0.717, 1.165) is 31.0 Å². The second kappa shape index (κ2) is 4.68. The SMILES string of the molecule is Oc1cccc(CNC2=NCCCN2)c1. The smallest absolute Gasteiger partial charge is 0.191 e. The van der Waals surface area contributed by atoms with Gasteiger partial charge in [-0.3, -0.25) is 4.99 Å². The number of nitrogens with zero attached hydrogens (tertiary/aromatic N) is 1. The van der Waals surface area contributed by atoms with Crippen molar-refractivity contribution in [1.82, 2.24) is 10.6 Å². The molecular weight excluding hydrogens is 190 g/mol. The standard InChI is InChI=1S/C11H15N3O/c15-10-4-1-3-9(7-10)8-14-11-12-5-2-6-13-11/h1,3-4,7,15H,2,5-6,8H2,(H2,12,13,14). The van der Waals surface area contributed by atoms with E-state index in [1.54, 1.807) is 12.1 Å². The van der Waals surface area contributed by atoms with Crippen LogP contribution >= 0.6 is 0 Å². The second-order valence-electron chi connectivity index (χ2n) is 3.53. The van der Waals surface area contributed by atoms with Crippen molar-refractivity contribution in [3.8, 4) is 5.75 Å². The molecule has 0 saturated heterocycles. The predicted molar refractivity (Wildman–Crippen MR) is 59.9 cm³/mol. The van der Waals surface area contributed by atoms with Crippen LogP contribution in [0.25, 0.3) is 0 Å². The summed E-state index contributed by atoms with van der Waals surface area (Å²) in [6, 6.07) is 7.22. The van der Waals surface area contributed by atoms with Gasteiger partial charge in [0.15, 0.2) is 5.96 Å². The Hall–Kier alpha value is -1.71. The number of hydrogen-bond donors (Lipinski definition) is 3. The van der Waals surface area contributed by atoms with Crippen LogP contribution in [0.1, 0.15) is 12.0 Å². The van der Waals surface area contributed by atoms with Gasteiger partial charge in [0.25, 0.3) is 0 Å². The highest BCUT2D eigenvalue weighted by molar-refractivity contribution is 5.80. The summed E-state index contributed by atoms with van der Waals surface area (Å²) in [7, 11) is 0. The summed E-state index contributed by atoms with van der Waals surface area (Å²) >= 11 is 0. The molecule has 1 aliphatic rings. The third-order valence-corrected chi connectivity index (χ3v) is 2.27. The molecule has 0 atom stereocenters. The third kappa shape index (κ3) is 2.87. The molecule has 3 N–H and O–H groups in total. The lowest BCUT2D eigenvalue weighted by Crippen LogP contribution is -2.40. The molecule has 0 spiro atoms. The summed E-state index contributed by atoms with van der Waals surface area (Å²) in [5.74, 6) is 1.15. The summed E-state index contributed by atoms with van der Waals surface area (Å²) < 4.78 is 0. The normalized spacial score (nSPS) is 15.3. The molecule has 2 rings (SSSR count). The van der Waals surface area contributed by atoms with Crippen LogP contribution in [0.4, 0.5) is 0 Å². The first-order valence-electron chi connectivity index (χ1n) is 5.15. The van der Waals surface area contributed by atoms with Crippen molar-refractivity contribution in [3.63, 3.8) is 0 Å². The van der Waals surface area contributed by atoms with Gasteiger partial charge >= 0.3 is 0 Å². The molecule has 0 aromatic heterocycles. The lowest BCUT2D eigenvalue weighted by atomic mass is 10.2. The summed E-state index contributed by atoms with van der Waals surface area (Å²) in [6.45, 7) is 2.54. The summed E-state index contributed by atoms with van der Waals surface area (Å²) in [5.41, 5.74) is 1.05. The van der Waals surface area contributed by atoms with Gasteiger partial charge in [-0.1, -0.05) is 12.1 Å². The fraction of sp³-hybridized carbons (Fsp3) is 0.364. The van der Waals surface area contributed by atoms with Crippen LogP contribution < -0.4 is 10.6 Å². The molecule has 0 radical (unpaired) electrons. The van der Waals surface area contributed by atoms with Gasteiger partial charge in [-0.2, -0.15) is 0 Å². The predicted octanol–water partition coefficient (Wildman–Crippen LogP) is 0.831. The van der Waals surface area contributed by atoms with Gasteiger partial charge in [0, 0.05) is 19.6 Å². The number of phenolic OH excluding ortho intramolecular Hbond substituents is 1. The quantitative estimate of drug-likeness (QED) is 0.670. The Morgan fingerprint density at radius 3 is 3.13 bits per heavy atom. The number of rotatable bonds is 2. The topological polar surface area (TPSA) is 56.6 Å². The number of phenols is 1. The maximum Gasteiger partial charge on any atom is 0.191 e. The Morgan fingerprint density at radius 2 is 2.40 bits per heavy atom. The molecular formula is C11H15N3O. The highest BCUT2D eigenvalue weighted by atomic mass is 16.3. The van der Waals surface area contributed by atoms with Gasteiger partial charge < -0.3 is 15.7 Å². The first kappa shape index (κ1) is 9.83. The van der Waals surface area contributed by atoms with E-state index >= 15 is 0 Å². The Morgan fingerprint density at radius 1 is 1.47 bits per heavy atom.